The SMILES string of the molecule is CCCn1ncnc1CNCc1ccc(CC)cc1. The first kappa shape index (κ1) is 13.7. The second-order valence-electron chi connectivity index (χ2n) is 4.67. The van der Waals surface area contributed by atoms with Crippen LogP contribution in [0.5, 0.6) is 0 Å². The predicted octanol–water partition coefficient (Wildman–Crippen LogP) is 2.54. The summed E-state index contributed by atoms with van der Waals surface area (Å²) in [7, 11) is 0. The number of hydrogen-bond donors (Lipinski definition) is 1. The van der Waals surface area contributed by atoms with Gasteiger partial charge in [0.05, 0.1) is 6.54 Å². The molecule has 0 fully saturated rings. The summed E-state index contributed by atoms with van der Waals surface area (Å²) in [6.07, 6.45) is 3.80. The van der Waals surface area contributed by atoms with Crippen molar-refractivity contribution in [2.24, 2.45) is 0 Å². The zero-order chi connectivity index (χ0) is 13.5. The van der Waals surface area contributed by atoms with Gasteiger partial charge in [-0.15, -0.1) is 0 Å². The fourth-order valence-electron chi connectivity index (χ4n) is 2.04. The lowest BCUT2D eigenvalue weighted by Gasteiger charge is -2.07. The fourth-order valence-corrected chi connectivity index (χ4v) is 2.04. The van der Waals surface area contributed by atoms with E-state index in [1.807, 2.05) is 4.68 Å². The number of nitrogens with one attached hydrogen (secondary N) is 1. The summed E-state index contributed by atoms with van der Waals surface area (Å²) in [6.45, 7) is 6.88. The third kappa shape index (κ3) is 3.89. The normalized spacial score (nSPS) is 10.8. The molecule has 0 bridgehead atoms. The summed E-state index contributed by atoms with van der Waals surface area (Å²) in [5.74, 6) is 1.01. The Morgan fingerprint density at radius 3 is 2.47 bits per heavy atom. The van der Waals surface area contributed by atoms with E-state index in [1.54, 1.807) is 6.33 Å². The highest BCUT2D eigenvalue weighted by Gasteiger charge is 2.02. The first-order valence-corrected chi connectivity index (χ1v) is 6.98. The van der Waals surface area contributed by atoms with Crippen LogP contribution in [-0.4, -0.2) is 14.8 Å². The topological polar surface area (TPSA) is 42.7 Å². The summed E-state index contributed by atoms with van der Waals surface area (Å²) in [5, 5.41) is 7.64. The fraction of sp³-hybridized carbons (Fsp3) is 0.467. The molecule has 102 valence electrons. The van der Waals surface area contributed by atoms with Crippen LogP contribution < -0.4 is 5.32 Å². The molecule has 0 aliphatic rings. The van der Waals surface area contributed by atoms with Crippen molar-refractivity contribution >= 4 is 0 Å². The Bertz CT molecular complexity index is 487. The zero-order valence-corrected chi connectivity index (χ0v) is 11.8. The Morgan fingerprint density at radius 1 is 1.05 bits per heavy atom. The van der Waals surface area contributed by atoms with Gasteiger partial charge in [0.15, 0.2) is 0 Å². The predicted molar refractivity (Wildman–Crippen MR) is 76.7 cm³/mol. The quantitative estimate of drug-likeness (QED) is 0.830. The minimum atomic E-state index is 0.759. The van der Waals surface area contributed by atoms with Crippen LogP contribution in [0.25, 0.3) is 0 Å². The van der Waals surface area contributed by atoms with Crippen molar-refractivity contribution in [3.05, 3.63) is 47.5 Å². The average Bonchev–Trinajstić information content (AvgIpc) is 2.88. The molecular formula is C15H22N4. The van der Waals surface area contributed by atoms with Gasteiger partial charge in [0.1, 0.15) is 12.2 Å². The molecule has 4 heteroatoms. The van der Waals surface area contributed by atoms with Crippen LogP contribution in [0, 0.1) is 0 Å². The lowest BCUT2D eigenvalue weighted by atomic mass is 10.1. The van der Waals surface area contributed by atoms with Crippen LogP contribution >= 0.6 is 0 Å². The maximum absolute atomic E-state index is 4.28. The van der Waals surface area contributed by atoms with Gasteiger partial charge >= 0.3 is 0 Å². The standard InChI is InChI=1S/C15H22N4/c1-3-9-19-15(17-12-18-19)11-16-10-14-7-5-13(4-2)6-8-14/h5-8,12,16H,3-4,9-11H2,1-2H3. The molecule has 1 heterocycles. The molecule has 2 rings (SSSR count). The number of benzene rings is 1. The van der Waals surface area contributed by atoms with Crippen LogP contribution in [0.2, 0.25) is 0 Å². The van der Waals surface area contributed by atoms with E-state index in [0.29, 0.717) is 0 Å². The number of nitrogens with zero attached hydrogens (tertiary/aromatic N) is 3. The van der Waals surface area contributed by atoms with E-state index in [4.69, 9.17) is 0 Å². The molecule has 0 radical (unpaired) electrons. The number of aromatic nitrogens is 3. The molecule has 0 saturated heterocycles. The van der Waals surface area contributed by atoms with Crippen LogP contribution in [0.3, 0.4) is 0 Å². The van der Waals surface area contributed by atoms with Crippen LogP contribution in [0.4, 0.5) is 0 Å². The van der Waals surface area contributed by atoms with E-state index in [9.17, 15) is 0 Å². The van der Waals surface area contributed by atoms with Gasteiger partial charge in [-0.05, 0) is 24.0 Å². The van der Waals surface area contributed by atoms with E-state index >= 15 is 0 Å². The number of aryl methyl sites for hydroxylation is 2. The highest BCUT2D eigenvalue weighted by atomic mass is 15.3. The summed E-state index contributed by atoms with van der Waals surface area (Å²) >= 11 is 0. The molecule has 0 unspecified atom stereocenters. The Labute approximate surface area is 114 Å². The van der Waals surface area contributed by atoms with E-state index in [2.05, 4.69) is 53.5 Å². The molecule has 1 N–H and O–H groups in total. The van der Waals surface area contributed by atoms with Crippen LogP contribution in [-0.2, 0) is 26.1 Å². The van der Waals surface area contributed by atoms with Crippen molar-refractivity contribution in [1.82, 2.24) is 20.1 Å². The highest BCUT2D eigenvalue weighted by Crippen LogP contribution is 2.05. The van der Waals surface area contributed by atoms with Gasteiger partial charge in [0.25, 0.3) is 0 Å². The third-order valence-corrected chi connectivity index (χ3v) is 3.17. The second-order valence-corrected chi connectivity index (χ2v) is 4.67. The molecule has 0 aliphatic heterocycles. The molecule has 2 aromatic rings. The molecule has 0 aliphatic carbocycles. The van der Waals surface area contributed by atoms with Gasteiger partial charge in [-0.1, -0.05) is 38.1 Å². The smallest absolute Gasteiger partial charge is 0.140 e. The largest absolute Gasteiger partial charge is 0.306 e. The lowest BCUT2D eigenvalue weighted by Crippen LogP contribution is -2.17. The minimum absolute atomic E-state index is 0.759. The molecule has 0 atom stereocenters. The molecule has 0 saturated carbocycles. The third-order valence-electron chi connectivity index (χ3n) is 3.17. The molecule has 0 amide bonds. The summed E-state index contributed by atoms with van der Waals surface area (Å²) in [4.78, 5) is 4.28. The van der Waals surface area contributed by atoms with Crippen molar-refractivity contribution < 1.29 is 0 Å². The van der Waals surface area contributed by atoms with E-state index < -0.39 is 0 Å². The molecule has 0 spiro atoms. The molecule has 4 nitrogen and oxygen atoms in total. The Balaban J connectivity index is 1.83. The van der Waals surface area contributed by atoms with Crippen LogP contribution in [0.15, 0.2) is 30.6 Å². The first-order chi connectivity index (χ1) is 9.33. The van der Waals surface area contributed by atoms with Gasteiger partial charge < -0.3 is 5.32 Å². The molecule has 19 heavy (non-hydrogen) atoms. The molecule has 1 aromatic heterocycles. The van der Waals surface area contributed by atoms with Gasteiger partial charge in [-0.2, -0.15) is 5.10 Å². The van der Waals surface area contributed by atoms with Crippen molar-refractivity contribution in [1.29, 1.82) is 0 Å². The van der Waals surface area contributed by atoms with Crippen molar-refractivity contribution in [2.75, 3.05) is 0 Å². The summed E-state index contributed by atoms with van der Waals surface area (Å²) in [6, 6.07) is 8.75. The van der Waals surface area contributed by atoms with Crippen molar-refractivity contribution in [3.63, 3.8) is 0 Å². The minimum Gasteiger partial charge on any atom is -0.306 e. The van der Waals surface area contributed by atoms with Crippen molar-refractivity contribution in [2.45, 2.75) is 46.3 Å². The average molecular weight is 258 g/mol. The Kier molecular flexibility index (Phi) is 5.10. The van der Waals surface area contributed by atoms with E-state index in [0.717, 1.165) is 38.3 Å². The number of hydrogen-bond acceptors (Lipinski definition) is 3. The monoisotopic (exact) mass is 258 g/mol. The highest BCUT2D eigenvalue weighted by molar-refractivity contribution is 5.22. The second kappa shape index (κ2) is 7.04. The van der Waals surface area contributed by atoms with Gasteiger partial charge in [-0.3, -0.25) is 0 Å². The maximum atomic E-state index is 4.28. The van der Waals surface area contributed by atoms with Gasteiger partial charge in [0.2, 0.25) is 0 Å². The molecule has 1 aromatic carbocycles. The van der Waals surface area contributed by atoms with Gasteiger partial charge in [-0.25, -0.2) is 9.67 Å². The van der Waals surface area contributed by atoms with E-state index in [1.165, 1.54) is 11.1 Å². The zero-order valence-electron chi connectivity index (χ0n) is 11.8. The number of rotatable bonds is 7. The first-order valence-electron chi connectivity index (χ1n) is 6.98. The maximum Gasteiger partial charge on any atom is 0.140 e. The summed E-state index contributed by atoms with van der Waals surface area (Å²) in [5.41, 5.74) is 2.69. The Hall–Kier alpha value is -1.68. The van der Waals surface area contributed by atoms with Crippen molar-refractivity contribution in [3.8, 4) is 0 Å². The summed E-state index contributed by atoms with van der Waals surface area (Å²) < 4.78 is 1.97. The van der Waals surface area contributed by atoms with Crippen LogP contribution in [0.1, 0.15) is 37.2 Å². The van der Waals surface area contributed by atoms with Gasteiger partial charge in [0, 0.05) is 13.1 Å². The molecular weight excluding hydrogens is 236 g/mol. The lowest BCUT2D eigenvalue weighted by molar-refractivity contribution is 0.542. The van der Waals surface area contributed by atoms with E-state index in [-0.39, 0.29) is 0 Å². The Morgan fingerprint density at radius 2 is 1.79 bits per heavy atom.